The van der Waals surface area contributed by atoms with Crippen LogP contribution in [0.4, 0.5) is 5.95 Å². The third kappa shape index (κ3) is 2.24. The van der Waals surface area contributed by atoms with Crippen molar-refractivity contribution in [2.75, 3.05) is 29.5 Å². The molecule has 0 spiro atoms. The monoisotopic (exact) mass is 296 g/mol. The van der Waals surface area contributed by atoms with Gasteiger partial charge < -0.3 is 10.6 Å². The summed E-state index contributed by atoms with van der Waals surface area (Å²) in [5.74, 6) is 0.425. The van der Waals surface area contributed by atoms with Crippen LogP contribution < -0.4 is 10.6 Å². The van der Waals surface area contributed by atoms with Gasteiger partial charge in [0.15, 0.2) is 9.84 Å². The molecule has 1 aromatic rings. The molecule has 1 amide bonds. The zero-order valence-electron chi connectivity index (χ0n) is 10.9. The van der Waals surface area contributed by atoms with Gasteiger partial charge in [0.05, 0.1) is 16.9 Å². The molecule has 8 heteroatoms. The normalized spacial score (nSPS) is 23.3. The highest BCUT2D eigenvalue weighted by Gasteiger charge is 2.50. The van der Waals surface area contributed by atoms with E-state index in [2.05, 4.69) is 9.97 Å². The first kappa shape index (κ1) is 13.3. The molecule has 0 aromatic carbocycles. The second-order valence-corrected chi connectivity index (χ2v) is 7.66. The summed E-state index contributed by atoms with van der Waals surface area (Å²) in [7, 11) is -2.91. The molecule has 0 atom stereocenters. The summed E-state index contributed by atoms with van der Waals surface area (Å²) in [5.41, 5.74) is 5.57. The lowest BCUT2D eigenvalue weighted by Gasteiger charge is -2.26. The van der Waals surface area contributed by atoms with Gasteiger partial charge in [0.1, 0.15) is 0 Å². The molecule has 108 valence electrons. The highest BCUT2D eigenvalue weighted by atomic mass is 32.2. The minimum atomic E-state index is -2.91. The summed E-state index contributed by atoms with van der Waals surface area (Å²) < 4.78 is 22.8. The number of rotatable bonds is 3. The average molecular weight is 296 g/mol. The van der Waals surface area contributed by atoms with E-state index in [4.69, 9.17) is 5.73 Å². The standard InChI is InChI=1S/C12H16N4O3S/c13-10(17)12(1-2-12)9-7-14-11(15-8-9)16-3-5-20(18,19)6-4-16/h7-8H,1-6H2,(H2,13,17). The van der Waals surface area contributed by atoms with Crippen LogP contribution in [0, 0.1) is 0 Å². The lowest BCUT2D eigenvalue weighted by molar-refractivity contribution is -0.120. The fourth-order valence-electron chi connectivity index (χ4n) is 2.45. The Hall–Kier alpha value is -1.70. The van der Waals surface area contributed by atoms with Crippen LogP contribution in [0.25, 0.3) is 0 Å². The van der Waals surface area contributed by atoms with Gasteiger partial charge in [-0.05, 0) is 12.8 Å². The molecule has 2 fully saturated rings. The number of anilines is 1. The maximum atomic E-state index is 11.4. The number of nitrogens with two attached hydrogens (primary N) is 1. The molecule has 1 saturated heterocycles. The quantitative estimate of drug-likeness (QED) is 0.785. The number of sulfone groups is 1. The van der Waals surface area contributed by atoms with Gasteiger partial charge in [-0.15, -0.1) is 0 Å². The summed E-state index contributed by atoms with van der Waals surface area (Å²) in [6.07, 6.45) is 4.74. The molecule has 1 aromatic heterocycles. The van der Waals surface area contributed by atoms with Crippen LogP contribution in [0.15, 0.2) is 12.4 Å². The number of carbonyl (C=O) groups is 1. The average Bonchev–Trinajstić information content (AvgIpc) is 3.20. The van der Waals surface area contributed by atoms with Crippen LogP contribution in [0.5, 0.6) is 0 Å². The first-order valence-corrected chi connectivity index (χ1v) is 8.33. The highest BCUT2D eigenvalue weighted by molar-refractivity contribution is 7.91. The maximum Gasteiger partial charge on any atom is 0.228 e. The van der Waals surface area contributed by atoms with Crippen molar-refractivity contribution in [2.45, 2.75) is 18.3 Å². The fourth-order valence-corrected chi connectivity index (χ4v) is 3.65. The fraction of sp³-hybridized carbons (Fsp3) is 0.583. The van der Waals surface area contributed by atoms with E-state index >= 15 is 0 Å². The maximum absolute atomic E-state index is 11.4. The Morgan fingerprint density at radius 3 is 2.20 bits per heavy atom. The van der Waals surface area contributed by atoms with E-state index < -0.39 is 15.3 Å². The lowest BCUT2D eigenvalue weighted by Crippen LogP contribution is -2.41. The Labute approximate surface area is 117 Å². The minimum Gasteiger partial charge on any atom is -0.369 e. The molecular weight excluding hydrogens is 280 g/mol. The van der Waals surface area contributed by atoms with Crippen molar-refractivity contribution in [1.82, 2.24) is 9.97 Å². The zero-order chi connectivity index (χ0) is 14.4. The number of hydrogen-bond donors (Lipinski definition) is 1. The van der Waals surface area contributed by atoms with Crippen molar-refractivity contribution < 1.29 is 13.2 Å². The number of carbonyl (C=O) groups excluding carboxylic acids is 1. The Kier molecular flexibility index (Phi) is 2.93. The van der Waals surface area contributed by atoms with Gasteiger partial charge in [-0.2, -0.15) is 0 Å². The summed E-state index contributed by atoms with van der Waals surface area (Å²) in [5, 5.41) is 0. The highest BCUT2D eigenvalue weighted by Crippen LogP contribution is 2.47. The Balaban J connectivity index is 1.76. The number of hydrogen-bond acceptors (Lipinski definition) is 6. The smallest absolute Gasteiger partial charge is 0.228 e. The van der Waals surface area contributed by atoms with Gasteiger partial charge in [0.25, 0.3) is 0 Å². The molecule has 2 N–H and O–H groups in total. The van der Waals surface area contributed by atoms with Crippen LogP contribution in [0.3, 0.4) is 0 Å². The van der Waals surface area contributed by atoms with Gasteiger partial charge in [-0.3, -0.25) is 4.79 Å². The second kappa shape index (κ2) is 4.41. The summed E-state index contributed by atoms with van der Waals surface area (Å²) in [6, 6.07) is 0. The first-order chi connectivity index (χ1) is 9.43. The number of amides is 1. The molecular formula is C12H16N4O3S. The van der Waals surface area contributed by atoms with E-state index in [1.165, 1.54) is 0 Å². The van der Waals surface area contributed by atoms with E-state index in [-0.39, 0.29) is 17.4 Å². The predicted molar refractivity (Wildman–Crippen MR) is 73.0 cm³/mol. The Morgan fingerprint density at radius 2 is 1.75 bits per heavy atom. The van der Waals surface area contributed by atoms with Gasteiger partial charge in [0, 0.05) is 31.0 Å². The largest absolute Gasteiger partial charge is 0.369 e. The number of primary amides is 1. The lowest BCUT2D eigenvalue weighted by atomic mass is 9.99. The minimum absolute atomic E-state index is 0.128. The van der Waals surface area contributed by atoms with Gasteiger partial charge in [-0.1, -0.05) is 0 Å². The molecule has 1 saturated carbocycles. The number of aromatic nitrogens is 2. The molecule has 7 nitrogen and oxygen atoms in total. The second-order valence-electron chi connectivity index (χ2n) is 5.36. The topological polar surface area (TPSA) is 106 Å². The van der Waals surface area contributed by atoms with Crippen LogP contribution in [0.1, 0.15) is 18.4 Å². The first-order valence-electron chi connectivity index (χ1n) is 6.51. The summed E-state index contributed by atoms with van der Waals surface area (Å²) in [4.78, 5) is 21.8. The van der Waals surface area contributed by atoms with Gasteiger partial charge in [-0.25, -0.2) is 18.4 Å². The molecule has 0 radical (unpaired) electrons. The van der Waals surface area contributed by atoms with Crippen molar-refractivity contribution in [2.24, 2.45) is 5.73 Å². The Morgan fingerprint density at radius 1 is 1.20 bits per heavy atom. The summed E-state index contributed by atoms with van der Waals surface area (Å²) >= 11 is 0. The predicted octanol–water partition coefficient (Wildman–Crippen LogP) is -0.772. The Bertz CT molecular complexity index is 623. The third-order valence-electron chi connectivity index (χ3n) is 4.04. The number of nitrogens with zero attached hydrogens (tertiary/aromatic N) is 3. The molecule has 0 bridgehead atoms. The van der Waals surface area contributed by atoms with E-state index in [9.17, 15) is 13.2 Å². The molecule has 20 heavy (non-hydrogen) atoms. The van der Waals surface area contributed by atoms with E-state index in [0.717, 1.165) is 18.4 Å². The zero-order valence-corrected chi connectivity index (χ0v) is 11.8. The molecule has 3 rings (SSSR count). The van der Waals surface area contributed by atoms with Crippen LogP contribution in [0.2, 0.25) is 0 Å². The van der Waals surface area contributed by atoms with Crippen molar-refractivity contribution in [3.63, 3.8) is 0 Å². The van der Waals surface area contributed by atoms with Gasteiger partial charge >= 0.3 is 0 Å². The van der Waals surface area contributed by atoms with Crippen molar-refractivity contribution in [3.8, 4) is 0 Å². The molecule has 0 unspecified atom stereocenters. The van der Waals surface area contributed by atoms with E-state index in [1.54, 1.807) is 12.4 Å². The van der Waals surface area contributed by atoms with E-state index in [0.29, 0.717) is 19.0 Å². The van der Waals surface area contributed by atoms with Gasteiger partial charge in [0.2, 0.25) is 11.9 Å². The molecule has 2 heterocycles. The van der Waals surface area contributed by atoms with Crippen molar-refractivity contribution in [3.05, 3.63) is 18.0 Å². The van der Waals surface area contributed by atoms with E-state index in [1.807, 2.05) is 4.90 Å². The molecule has 1 aliphatic carbocycles. The van der Waals surface area contributed by atoms with Crippen LogP contribution in [-0.4, -0.2) is 48.9 Å². The molecule has 1 aliphatic heterocycles. The third-order valence-corrected chi connectivity index (χ3v) is 5.65. The van der Waals surface area contributed by atoms with Crippen LogP contribution >= 0.6 is 0 Å². The van der Waals surface area contributed by atoms with Crippen LogP contribution in [-0.2, 0) is 20.0 Å². The van der Waals surface area contributed by atoms with Crippen molar-refractivity contribution in [1.29, 1.82) is 0 Å². The SMILES string of the molecule is NC(=O)C1(c2cnc(N3CCS(=O)(=O)CC3)nc2)CC1. The molecule has 2 aliphatic rings. The summed E-state index contributed by atoms with van der Waals surface area (Å²) in [6.45, 7) is 0.811. The van der Waals surface area contributed by atoms with Crippen molar-refractivity contribution >= 4 is 21.7 Å².